The molecule has 118 valence electrons. The molecule has 3 aromatic rings. The van der Waals surface area contributed by atoms with Crippen molar-refractivity contribution in [1.82, 2.24) is 15.0 Å². The number of anilines is 1. The van der Waals surface area contributed by atoms with Crippen LogP contribution in [-0.4, -0.2) is 20.9 Å². The molecule has 0 unspecified atom stereocenters. The molecule has 0 atom stereocenters. The summed E-state index contributed by atoms with van der Waals surface area (Å²) >= 11 is 0. The van der Waals surface area contributed by atoms with E-state index in [9.17, 15) is 4.79 Å². The molecule has 1 amide bonds. The highest BCUT2D eigenvalue weighted by molar-refractivity contribution is 6.00. The first kappa shape index (κ1) is 14.5. The van der Waals surface area contributed by atoms with Crippen LogP contribution in [0.2, 0.25) is 0 Å². The van der Waals surface area contributed by atoms with E-state index >= 15 is 0 Å². The van der Waals surface area contributed by atoms with E-state index in [1.165, 1.54) is 0 Å². The van der Waals surface area contributed by atoms with Gasteiger partial charge in [-0.15, -0.1) is 0 Å². The highest BCUT2D eigenvalue weighted by Gasteiger charge is 2.31. The number of pyridine rings is 1. The number of fused-ring (bicyclic) bond motifs is 1. The van der Waals surface area contributed by atoms with Gasteiger partial charge < -0.3 is 0 Å². The summed E-state index contributed by atoms with van der Waals surface area (Å²) in [6.45, 7) is 2.41. The van der Waals surface area contributed by atoms with Crippen molar-refractivity contribution in [3.63, 3.8) is 0 Å². The average molecular weight is 316 g/mol. The minimum absolute atomic E-state index is 0.0523. The Balaban J connectivity index is 1.76. The SMILES string of the molecule is Cc1nc(-c2ccccc2)nc2c1CC(=O)N2Cc1cccnc1. The Morgan fingerprint density at radius 3 is 2.67 bits per heavy atom. The van der Waals surface area contributed by atoms with E-state index < -0.39 is 0 Å². The van der Waals surface area contributed by atoms with Crippen molar-refractivity contribution in [2.45, 2.75) is 19.9 Å². The number of nitrogens with zero attached hydrogens (tertiary/aromatic N) is 4. The molecule has 1 aliphatic rings. The molecule has 2 aromatic heterocycles. The molecule has 0 fully saturated rings. The maximum atomic E-state index is 12.5. The lowest BCUT2D eigenvalue weighted by molar-refractivity contribution is -0.117. The smallest absolute Gasteiger partial charge is 0.233 e. The molecule has 0 spiro atoms. The van der Waals surface area contributed by atoms with Gasteiger partial charge in [-0.05, 0) is 18.6 Å². The second-order valence-corrected chi connectivity index (χ2v) is 5.82. The second-order valence-electron chi connectivity index (χ2n) is 5.82. The zero-order valence-corrected chi connectivity index (χ0v) is 13.3. The van der Waals surface area contributed by atoms with Gasteiger partial charge in [0.05, 0.1) is 13.0 Å². The number of carbonyl (C=O) groups excluding carboxylic acids is 1. The number of hydrogen-bond acceptors (Lipinski definition) is 4. The standard InChI is InChI=1S/C19H16N4O/c1-13-16-10-17(24)23(12-14-6-5-9-20-11-14)19(16)22-18(21-13)15-7-3-2-4-8-15/h2-9,11H,10,12H2,1H3. The summed E-state index contributed by atoms with van der Waals surface area (Å²) in [5, 5.41) is 0. The molecule has 0 aliphatic carbocycles. The van der Waals surface area contributed by atoms with Crippen LogP contribution in [0.1, 0.15) is 16.8 Å². The lowest BCUT2D eigenvalue weighted by Gasteiger charge is -2.17. The van der Waals surface area contributed by atoms with Crippen LogP contribution in [0.25, 0.3) is 11.4 Å². The van der Waals surface area contributed by atoms with Crippen LogP contribution >= 0.6 is 0 Å². The van der Waals surface area contributed by atoms with Crippen molar-refractivity contribution in [2.24, 2.45) is 0 Å². The van der Waals surface area contributed by atoms with Crippen molar-refractivity contribution in [3.8, 4) is 11.4 Å². The molecule has 3 heterocycles. The van der Waals surface area contributed by atoms with E-state index in [1.807, 2.05) is 49.4 Å². The van der Waals surface area contributed by atoms with Gasteiger partial charge in [-0.2, -0.15) is 0 Å². The van der Waals surface area contributed by atoms with Gasteiger partial charge in [-0.3, -0.25) is 14.7 Å². The number of hydrogen-bond donors (Lipinski definition) is 0. The van der Waals surface area contributed by atoms with Crippen molar-refractivity contribution >= 4 is 11.7 Å². The number of benzene rings is 1. The molecule has 0 bridgehead atoms. The van der Waals surface area contributed by atoms with E-state index in [1.54, 1.807) is 17.3 Å². The summed E-state index contributed by atoms with van der Waals surface area (Å²) < 4.78 is 0. The monoisotopic (exact) mass is 316 g/mol. The van der Waals surface area contributed by atoms with Crippen LogP contribution in [0.15, 0.2) is 54.9 Å². The Labute approximate surface area is 140 Å². The van der Waals surface area contributed by atoms with E-state index in [4.69, 9.17) is 0 Å². The molecular formula is C19H16N4O. The summed E-state index contributed by atoms with van der Waals surface area (Å²) in [7, 11) is 0. The van der Waals surface area contributed by atoms with Crippen molar-refractivity contribution in [3.05, 3.63) is 71.7 Å². The predicted molar refractivity (Wildman–Crippen MR) is 91.3 cm³/mol. The molecular weight excluding hydrogens is 300 g/mol. The summed E-state index contributed by atoms with van der Waals surface area (Å²) in [6, 6.07) is 13.7. The maximum absolute atomic E-state index is 12.5. The fourth-order valence-electron chi connectivity index (χ4n) is 2.93. The van der Waals surface area contributed by atoms with E-state index in [0.29, 0.717) is 18.8 Å². The van der Waals surface area contributed by atoms with Gasteiger partial charge in [0.1, 0.15) is 5.82 Å². The van der Waals surface area contributed by atoms with Gasteiger partial charge >= 0.3 is 0 Å². The van der Waals surface area contributed by atoms with Crippen LogP contribution in [-0.2, 0) is 17.8 Å². The minimum atomic E-state index is 0.0523. The normalized spacial score (nSPS) is 13.2. The third-order valence-electron chi connectivity index (χ3n) is 4.17. The minimum Gasteiger partial charge on any atom is -0.292 e. The number of rotatable bonds is 3. The van der Waals surface area contributed by atoms with E-state index in [2.05, 4.69) is 15.0 Å². The Morgan fingerprint density at radius 2 is 1.92 bits per heavy atom. The summed E-state index contributed by atoms with van der Waals surface area (Å²) in [5.74, 6) is 1.42. The van der Waals surface area contributed by atoms with Gasteiger partial charge in [-0.1, -0.05) is 36.4 Å². The Bertz CT molecular complexity index is 894. The Morgan fingerprint density at radius 1 is 1.08 bits per heavy atom. The lowest BCUT2D eigenvalue weighted by Crippen LogP contribution is -2.26. The predicted octanol–water partition coefficient (Wildman–Crippen LogP) is 2.94. The lowest BCUT2D eigenvalue weighted by atomic mass is 10.1. The molecule has 1 aromatic carbocycles. The first-order chi connectivity index (χ1) is 11.7. The zero-order chi connectivity index (χ0) is 16.5. The van der Waals surface area contributed by atoms with Crippen LogP contribution in [0, 0.1) is 6.92 Å². The third kappa shape index (κ3) is 2.54. The van der Waals surface area contributed by atoms with Gasteiger partial charge in [0.25, 0.3) is 0 Å². The molecule has 5 nitrogen and oxygen atoms in total. The number of amides is 1. The maximum Gasteiger partial charge on any atom is 0.233 e. The third-order valence-corrected chi connectivity index (χ3v) is 4.17. The fourth-order valence-corrected chi connectivity index (χ4v) is 2.93. The highest BCUT2D eigenvalue weighted by Crippen LogP contribution is 2.32. The van der Waals surface area contributed by atoms with Crippen LogP contribution in [0.5, 0.6) is 0 Å². The quantitative estimate of drug-likeness (QED) is 0.745. The van der Waals surface area contributed by atoms with E-state index in [0.717, 1.165) is 28.2 Å². The van der Waals surface area contributed by atoms with E-state index in [-0.39, 0.29) is 5.91 Å². The first-order valence-electron chi connectivity index (χ1n) is 7.84. The summed E-state index contributed by atoms with van der Waals surface area (Å²) in [6.07, 6.45) is 3.86. The van der Waals surface area contributed by atoms with Gasteiger partial charge in [-0.25, -0.2) is 9.97 Å². The summed E-state index contributed by atoms with van der Waals surface area (Å²) in [5.41, 5.74) is 3.71. The number of aryl methyl sites for hydroxylation is 1. The van der Waals surface area contributed by atoms with Crippen LogP contribution < -0.4 is 4.90 Å². The Kier molecular flexibility index (Phi) is 3.54. The largest absolute Gasteiger partial charge is 0.292 e. The molecule has 5 heteroatoms. The molecule has 1 aliphatic heterocycles. The van der Waals surface area contributed by atoms with Crippen molar-refractivity contribution in [1.29, 1.82) is 0 Å². The van der Waals surface area contributed by atoms with Crippen molar-refractivity contribution < 1.29 is 4.79 Å². The molecule has 0 saturated carbocycles. The van der Waals surface area contributed by atoms with Crippen molar-refractivity contribution in [2.75, 3.05) is 4.90 Å². The molecule has 24 heavy (non-hydrogen) atoms. The summed E-state index contributed by atoms with van der Waals surface area (Å²) in [4.78, 5) is 27.6. The van der Waals surface area contributed by atoms with Gasteiger partial charge in [0.15, 0.2) is 5.82 Å². The first-order valence-corrected chi connectivity index (χ1v) is 7.84. The molecule has 4 rings (SSSR count). The van der Waals surface area contributed by atoms with Crippen LogP contribution in [0.3, 0.4) is 0 Å². The number of carbonyl (C=O) groups is 1. The zero-order valence-electron chi connectivity index (χ0n) is 13.3. The average Bonchev–Trinajstić information content (AvgIpc) is 2.93. The van der Waals surface area contributed by atoms with Gasteiger partial charge in [0, 0.05) is 29.2 Å². The molecule has 0 radical (unpaired) electrons. The second kappa shape index (κ2) is 5.85. The van der Waals surface area contributed by atoms with Crippen LogP contribution in [0.4, 0.5) is 5.82 Å². The highest BCUT2D eigenvalue weighted by atomic mass is 16.2. The molecule has 0 saturated heterocycles. The fraction of sp³-hybridized carbons (Fsp3) is 0.158. The molecule has 0 N–H and O–H groups in total. The van der Waals surface area contributed by atoms with Gasteiger partial charge in [0.2, 0.25) is 5.91 Å². The number of aromatic nitrogens is 3. The Hall–Kier alpha value is -3.08. The topological polar surface area (TPSA) is 59.0 Å².